The number of carbonyl (C=O) groups is 2. The maximum absolute atomic E-state index is 15.6. The van der Waals surface area contributed by atoms with Crippen LogP contribution in [0.1, 0.15) is 79.9 Å². The van der Waals surface area contributed by atoms with Crippen molar-refractivity contribution in [1.82, 2.24) is 29.7 Å². The van der Waals surface area contributed by atoms with Gasteiger partial charge in [-0.15, -0.1) is 0 Å². The third-order valence-corrected chi connectivity index (χ3v) is 13.0. The van der Waals surface area contributed by atoms with Crippen LogP contribution in [0.25, 0.3) is 22.3 Å². The van der Waals surface area contributed by atoms with Gasteiger partial charge in [0.05, 0.1) is 47.9 Å². The van der Waals surface area contributed by atoms with E-state index >= 15 is 4.39 Å². The molecule has 5 aliphatic rings. The number of nitrogens with one attached hydrogen (secondary N) is 2. The van der Waals surface area contributed by atoms with Gasteiger partial charge in [0.15, 0.2) is 5.82 Å². The molecule has 3 saturated heterocycles. The second kappa shape index (κ2) is 13.9. The molecule has 6 heterocycles. The average molecular weight is 753 g/mol. The molecule has 1 spiro atoms. The quantitative estimate of drug-likeness (QED) is 0.217. The van der Waals surface area contributed by atoms with Gasteiger partial charge >= 0.3 is 0 Å². The number of likely N-dealkylation sites (tertiary alicyclic amines) is 2. The first-order valence-corrected chi connectivity index (χ1v) is 19.9. The minimum atomic E-state index is -0.782. The summed E-state index contributed by atoms with van der Waals surface area (Å²) < 4.78 is 37.4. The van der Waals surface area contributed by atoms with E-state index in [9.17, 15) is 14.0 Å². The zero-order chi connectivity index (χ0) is 38.2. The highest BCUT2D eigenvalue weighted by Crippen LogP contribution is 2.52. The molecule has 0 unspecified atom stereocenters. The van der Waals surface area contributed by atoms with E-state index in [1.165, 1.54) is 12.1 Å². The largest absolute Gasteiger partial charge is 0.378 e. The van der Waals surface area contributed by atoms with E-state index in [0.29, 0.717) is 47.2 Å². The number of benzene rings is 2. The van der Waals surface area contributed by atoms with Gasteiger partial charge in [-0.05, 0) is 114 Å². The van der Waals surface area contributed by atoms with E-state index in [2.05, 4.69) is 43.5 Å². The Morgan fingerprint density at radius 1 is 1.02 bits per heavy atom. The van der Waals surface area contributed by atoms with Gasteiger partial charge in [-0.3, -0.25) is 19.4 Å². The van der Waals surface area contributed by atoms with Crippen LogP contribution in [0.3, 0.4) is 0 Å². The summed E-state index contributed by atoms with van der Waals surface area (Å²) >= 11 is 0. The minimum absolute atomic E-state index is 0.0392. The van der Waals surface area contributed by atoms with E-state index in [1.807, 2.05) is 24.5 Å². The number of carbonyl (C=O) groups excluding carboxylic acids is 2. The van der Waals surface area contributed by atoms with E-state index in [4.69, 9.17) is 14.7 Å². The molecule has 2 N–H and O–H groups in total. The van der Waals surface area contributed by atoms with Gasteiger partial charge < -0.3 is 24.8 Å². The molecular formula is C42H50F2N8O3. The van der Waals surface area contributed by atoms with Crippen molar-refractivity contribution in [3.63, 3.8) is 0 Å². The molecule has 1 aliphatic carbocycles. The van der Waals surface area contributed by atoms with Crippen molar-refractivity contribution < 1.29 is 23.1 Å². The standard InChI is InChI=1S/C42H50F2N8O3/c1-24(2)51-23-46-36-19-34(47-39(38(36)51)48-35-18-31(40(53)45-4)25(3)14-33(35)44)26-7-8-32-37(15-26)52(29-16-28(17-29)50-11-5-6-27(43)20-50)41(54)42(32)9-12-49(13-10-42)30-21-55-22-30/h7-8,14-15,18-19,23-24,27-30H,5-6,9-13,16-17,20-22H2,1-4H3,(H,45,53)(H,47,48)/t27-,28-,29+/m1/s1. The van der Waals surface area contributed by atoms with E-state index < -0.39 is 17.4 Å². The Morgan fingerprint density at radius 3 is 2.49 bits per heavy atom. The molecule has 0 radical (unpaired) electrons. The van der Waals surface area contributed by atoms with Crippen LogP contribution in [0, 0.1) is 12.7 Å². The molecule has 2 aromatic carbocycles. The monoisotopic (exact) mass is 752 g/mol. The van der Waals surface area contributed by atoms with Crippen molar-refractivity contribution in [3.05, 3.63) is 65.2 Å². The summed E-state index contributed by atoms with van der Waals surface area (Å²) in [4.78, 5) is 44.2. The molecular weight excluding hydrogens is 703 g/mol. The number of amides is 2. The summed E-state index contributed by atoms with van der Waals surface area (Å²) in [6, 6.07) is 11.9. The van der Waals surface area contributed by atoms with Crippen LogP contribution in [0.2, 0.25) is 0 Å². The van der Waals surface area contributed by atoms with Crippen molar-refractivity contribution >= 4 is 40.0 Å². The second-order valence-corrected chi connectivity index (χ2v) is 16.6. The smallest absolute Gasteiger partial charge is 0.251 e. The van der Waals surface area contributed by atoms with E-state index in [1.54, 1.807) is 20.3 Å². The van der Waals surface area contributed by atoms with E-state index in [0.717, 1.165) is 87.3 Å². The number of imidazole rings is 1. The molecule has 290 valence electrons. The minimum Gasteiger partial charge on any atom is -0.378 e. The highest BCUT2D eigenvalue weighted by molar-refractivity contribution is 6.09. The number of alkyl halides is 1. The van der Waals surface area contributed by atoms with Crippen LogP contribution in [0.15, 0.2) is 42.7 Å². The van der Waals surface area contributed by atoms with Crippen molar-refractivity contribution in [1.29, 1.82) is 0 Å². The number of fused-ring (bicyclic) bond motifs is 3. The summed E-state index contributed by atoms with van der Waals surface area (Å²) in [6.45, 7) is 10.4. The number of rotatable bonds is 8. The van der Waals surface area contributed by atoms with Gasteiger partial charge in [0.25, 0.3) is 5.91 Å². The van der Waals surface area contributed by atoms with Gasteiger partial charge in [-0.25, -0.2) is 18.7 Å². The molecule has 2 amide bonds. The van der Waals surface area contributed by atoms with Crippen molar-refractivity contribution in [2.45, 2.75) is 95.1 Å². The second-order valence-electron chi connectivity index (χ2n) is 16.6. The molecule has 1 saturated carbocycles. The molecule has 13 heteroatoms. The van der Waals surface area contributed by atoms with Crippen LogP contribution in [0.5, 0.6) is 0 Å². The van der Waals surface area contributed by atoms with Crippen LogP contribution in [-0.2, 0) is 14.9 Å². The molecule has 2 aromatic heterocycles. The molecule has 4 fully saturated rings. The lowest BCUT2D eigenvalue weighted by Crippen LogP contribution is -2.60. The summed E-state index contributed by atoms with van der Waals surface area (Å²) in [5.74, 6) is -0.217. The summed E-state index contributed by atoms with van der Waals surface area (Å²) in [5, 5.41) is 5.87. The Hall–Kier alpha value is -4.46. The lowest BCUT2D eigenvalue weighted by molar-refractivity contribution is -0.128. The van der Waals surface area contributed by atoms with Crippen LogP contribution in [0.4, 0.5) is 26.0 Å². The maximum Gasteiger partial charge on any atom is 0.251 e. The Kier molecular flexibility index (Phi) is 9.17. The number of aryl methyl sites for hydroxylation is 1. The molecule has 4 aliphatic heterocycles. The number of anilines is 3. The number of pyridine rings is 1. The Bertz CT molecular complexity index is 2150. The number of piperidine rings is 2. The van der Waals surface area contributed by atoms with Crippen LogP contribution in [-0.4, -0.2) is 107 Å². The molecule has 11 nitrogen and oxygen atoms in total. The topological polar surface area (TPSA) is 108 Å². The van der Waals surface area contributed by atoms with Gasteiger partial charge in [-0.1, -0.05) is 12.1 Å². The first kappa shape index (κ1) is 36.2. The first-order chi connectivity index (χ1) is 26.5. The predicted octanol–water partition coefficient (Wildman–Crippen LogP) is 6.27. The van der Waals surface area contributed by atoms with Gasteiger partial charge in [0.1, 0.15) is 17.5 Å². The number of aromatic nitrogens is 3. The number of halogens is 2. The van der Waals surface area contributed by atoms with Crippen LogP contribution >= 0.6 is 0 Å². The van der Waals surface area contributed by atoms with Crippen LogP contribution < -0.4 is 15.5 Å². The Morgan fingerprint density at radius 2 is 1.80 bits per heavy atom. The summed E-state index contributed by atoms with van der Waals surface area (Å²) in [7, 11) is 1.55. The Balaban J connectivity index is 1.10. The van der Waals surface area contributed by atoms with Crippen molar-refractivity contribution in [3.8, 4) is 11.3 Å². The molecule has 9 rings (SSSR count). The third kappa shape index (κ3) is 6.09. The van der Waals surface area contributed by atoms with Crippen molar-refractivity contribution in [2.24, 2.45) is 0 Å². The molecule has 1 atom stereocenters. The predicted molar refractivity (Wildman–Crippen MR) is 208 cm³/mol. The maximum atomic E-state index is 15.6. The van der Waals surface area contributed by atoms with Gasteiger partial charge in [-0.2, -0.15) is 0 Å². The fraction of sp³-hybridized carbons (Fsp3) is 0.524. The Labute approximate surface area is 320 Å². The fourth-order valence-corrected chi connectivity index (χ4v) is 9.62. The number of hydrogen-bond acceptors (Lipinski definition) is 8. The SMILES string of the molecule is CNC(=O)c1cc(Nc2nc(-c3ccc4c(c3)N([C@H]3C[C@@H](N5CCC[C@@H](F)C5)C3)C(=O)C43CCN(C4COC4)CC3)cc3ncn(C(C)C)c23)c(F)cc1C. The van der Waals surface area contributed by atoms with Crippen molar-refractivity contribution in [2.75, 3.05) is 56.7 Å². The number of hydrogen-bond donors (Lipinski definition) is 2. The summed E-state index contributed by atoms with van der Waals surface area (Å²) in [5.41, 5.74) is 5.29. The number of nitrogens with zero attached hydrogens (tertiary/aromatic N) is 6. The molecule has 4 aromatic rings. The van der Waals surface area contributed by atoms with Gasteiger partial charge in [0.2, 0.25) is 5.91 Å². The average Bonchev–Trinajstić information content (AvgIpc) is 3.66. The molecule has 0 bridgehead atoms. The highest BCUT2D eigenvalue weighted by Gasteiger charge is 2.56. The summed E-state index contributed by atoms with van der Waals surface area (Å²) in [6.07, 6.45) is 5.65. The van der Waals surface area contributed by atoms with Gasteiger partial charge in [0, 0.05) is 48.5 Å². The normalized spacial score (nSPS) is 24.3. The zero-order valence-corrected chi connectivity index (χ0v) is 32.1. The molecule has 55 heavy (non-hydrogen) atoms. The fourth-order valence-electron chi connectivity index (χ4n) is 9.62. The lowest BCUT2D eigenvalue weighted by atomic mass is 9.73. The first-order valence-electron chi connectivity index (χ1n) is 19.9. The lowest BCUT2D eigenvalue weighted by Gasteiger charge is -2.49. The number of ether oxygens (including phenoxy) is 1. The third-order valence-electron chi connectivity index (χ3n) is 13.0. The zero-order valence-electron chi connectivity index (χ0n) is 32.1. The highest BCUT2D eigenvalue weighted by atomic mass is 19.1. The van der Waals surface area contributed by atoms with E-state index in [-0.39, 0.29) is 35.6 Å².